The summed E-state index contributed by atoms with van der Waals surface area (Å²) in [5.74, 6) is 1.30. The zero-order valence-electron chi connectivity index (χ0n) is 15.3. The summed E-state index contributed by atoms with van der Waals surface area (Å²) in [5.41, 5.74) is 2.03. The van der Waals surface area contributed by atoms with E-state index in [2.05, 4.69) is 15.5 Å². The number of rotatable bonds is 6. The Morgan fingerprint density at radius 2 is 2.08 bits per heavy atom. The largest absolute Gasteiger partial charge is 0.381 e. The number of ether oxygens (including phenoxy) is 1. The van der Waals surface area contributed by atoms with Crippen LogP contribution in [0.25, 0.3) is 0 Å². The molecule has 2 N–H and O–H groups in total. The number of carbonyl (C=O) groups excluding carboxylic acids is 1. The van der Waals surface area contributed by atoms with Crippen molar-refractivity contribution in [3.8, 4) is 0 Å². The Bertz CT molecular complexity index is 540. The van der Waals surface area contributed by atoms with Crippen molar-refractivity contribution in [3.05, 3.63) is 29.8 Å². The standard InChI is InChI=1S/C20H31N3O2/c1-16-4-6-19(7-5-16)22-20(24)21-13-18-3-2-10-23(14-18)11-8-17-9-12-25-15-17/h4-7,17-18H,2-3,8-15H2,1H3,(H2,21,22,24)/t17-,18+/m0/s1. The van der Waals surface area contributed by atoms with Gasteiger partial charge in [0.25, 0.3) is 0 Å². The number of hydrogen-bond acceptors (Lipinski definition) is 3. The number of nitrogens with zero attached hydrogens (tertiary/aromatic N) is 1. The monoisotopic (exact) mass is 345 g/mol. The van der Waals surface area contributed by atoms with E-state index in [1.54, 1.807) is 0 Å². The van der Waals surface area contributed by atoms with Crippen LogP contribution in [0.2, 0.25) is 0 Å². The number of likely N-dealkylation sites (tertiary alicyclic amines) is 1. The molecule has 2 fully saturated rings. The third kappa shape index (κ3) is 6.01. The van der Waals surface area contributed by atoms with E-state index >= 15 is 0 Å². The molecule has 0 aliphatic carbocycles. The topological polar surface area (TPSA) is 53.6 Å². The van der Waals surface area contributed by atoms with E-state index in [4.69, 9.17) is 4.74 Å². The second-order valence-electron chi connectivity index (χ2n) is 7.53. The summed E-state index contributed by atoms with van der Waals surface area (Å²) in [6, 6.07) is 7.77. The SMILES string of the molecule is Cc1ccc(NC(=O)NC[C@H]2CCCN(CC[C@H]3CCOC3)C2)cc1. The van der Waals surface area contributed by atoms with Crippen molar-refractivity contribution in [2.75, 3.05) is 44.7 Å². The molecule has 0 saturated carbocycles. The molecule has 2 saturated heterocycles. The highest BCUT2D eigenvalue weighted by molar-refractivity contribution is 5.89. The van der Waals surface area contributed by atoms with E-state index in [9.17, 15) is 4.79 Å². The van der Waals surface area contributed by atoms with Gasteiger partial charge in [-0.1, -0.05) is 17.7 Å². The van der Waals surface area contributed by atoms with Crippen molar-refractivity contribution in [1.82, 2.24) is 10.2 Å². The minimum atomic E-state index is -0.107. The molecule has 2 amide bonds. The Hall–Kier alpha value is -1.59. The molecule has 0 aromatic heterocycles. The summed E-state index contributed by atoms with van der Waals surface area (Å²) in [6.45, 7) is 8.13. The van der Waals surface area contributed by atoms with Gasteiger partial charge in [-0.25, -0.2) is 4.79 Å². The highest BCUT2D eigenvalue weighted by Gasteiger charge is 2.22. The summed E-state index contributed by atoms with van der Waals surface area (Å²) >= 11 is 0. The summed E-state index contributed by atoms with van der Waals surface area (Å²) in [7, 11) is 0. The number of aryl methyl sites for hydroxylation is 1. The zero-order valence-corrected chi connectivity index (χ0v) is 15.3. The number of urea groups is 1. The van der Waals surface area contributed by atoms with E-state index in [1.807, 2.05) is 31.2 Å². The third-order valence-corrected chi connectivity index (χ3v) is 5.34. The van der Waals surface area contributed by atoms with Gasteiger partial charge in [0.2, 0.25) is 0 Å². The van der Waals surface area contributed by atoms with E-state index in [1.165, 1.54) is 44.3 Å². The number of benzene rings is 1. The van der Waals surface area contributed by atoms with E-state index in [0.717, 1.165) is 37.9 Å². The molecule has 0 unspecified atom stereocenters. The van der Waals surface area contributed by atoms with Gasteiger partial charge in [0.05, 0.1) is 0 Å². The number of carbonyl (C=O) groups is 1. The maximum absolute atomic E-state index is 12.1. The van der Waals surface area contributed by atoms with Gasteiger partial charge in [-0.2, -0.15) is 0 Å². The Labute approximate surface area is 151 Å². The third-order valence-electron chi connectivity index (χ3n) is 5.34. The molecule has 2 heterocycles. The van der Waals surface area contributed by atoms with Crippen LogP contribution in [0.1, 0.15) is 31.2 Å². The fraction of sp³-hybridized carbons (Fsp3) is 0.650. The van der Waals surface area contributed by atoms with Crippen LogP contribution in [-0.4, -0.2) is 50.3 Å². The molecule has 1 aromatic carbocycles. The van der Waals surface area contributed by atoms with E-state index in [-0.39, 0.29) is 6.03 Å². The minimum Gasteiger partial charge on any atom is -0.381 e. The van der Waals surface area contributed by atoms with Gasteiger partial charge in [-0.05, 0) is 69.7 Å². The molecule has 2 aliphatic rings. The van der Waals surface area contributed by atoms with Crippen molar-refractivity contribution in [2.24, 2.45) is 11.8 Å². The highest BCUT2D eigenvalue weighted by atomic mass is 16.5. The van der Waals surface area contributed by atoms with Crippen molar-refractivity contribution in [1.29, 1.82) is 0 Å². The van der Waals surface area contributed by atoms with Crippen LogP contribution in [0.4, 0.5) is 10.5 Å². The molecule has 3 rings (SSSR count). The van der Waals surface area contributed by atoms with Crippen molar-refractivity contribution < 1.29 is 9.53 Å². The molecule has 0 bridgehead atoms. The van der Waals surface area contributed by atoms with Crippen molar-refractivity contribution in [2.45, 2.75) is 32.6 Å². The predicted octanol–water partition coefficient (Wildman–Crippen LogP) is 3.26. The van der Waals surface area contributed by atoms with Crippen LogP contribution in [0.5, 0.6) is 0 Å². The molecule has 0 spiro atoms. The van der Waals surface area contributed by atoms with Gasteiger partial charge in [0, 0.05) is 32.0 Å². The summed E-state index contributed by atoms with van der Waals surface area (Å²) in [5, 5.41) is 5.94. The molecular weight excluding hydrogens is 314 g/mol. The zero-order chi connectivity index (χ0) is 17.5. The van der Waals surface area contributed by atoms with Gasteiger partial charge >= 0.3 is 6.03 Å². The van der Waals surface area contributed by atoms with Crippen molar-refractivity contribution >= 4 is 11.7 Å². The second-order valence-corrected chi connectivity index (χ2v) is 7.53. The molecule has 5 nitrogen and oxygen atoms in total. The maximum Gasteiger partial charge on any atom is 0.319 e. The second kappa shape index (κ2) is 9.20. The smallest absolute Gasteiger partial charge is 0.319 e. The molecule has 2 aliphatic heterocycles. The summed E-state index contributed by atoms with van der Waals surface area (Å²) < 4.78 is 5.47. The minimum absolute atomic E-state index is 0.107. The highest BCUT2D eigenvalue weighted by Crippen LogP contribution is 2.20. The Balaban J connectivity index is 1.35. The number of amides is 2. The van der Waals surface area contributed by atoms with E-state index in [0.29, 0.717) is 5.92 Å². The van der Waals surface area contributed by atoms with Crippen LogP contribution in [-0.2, 0) is 4.74 Å². The van der Waals surface area contributed by atoms with E-state index < -0.39 is 0 Å². The number of nitrogens with one attached hydrogen (secondary N) is 2. The quantitative estimate of drug-likeness (QED) is 0.832. The van der Waals surface area contributed by atoms with Gasteiger partial charge < -0.3 is 20.3 Å². The first-order valence-electron chi connectivity index (χ1n) is 9.60. The molecule has 1 aromatic rings. The first-order valence-corrected chi connectivity index (χ1v) is 9.60. The molecule has 2 atom stereocenters. The lowest BCUT2D eigenvalue weighted by molar-refractivity contribution is 0.153. The fourth-order valence-corrected chi connectivity index (χ4v) is 3.75. The summed E-state index contributed by atoms with van der Waals surface area (Å²) in [6.07, 6.45) is 4.90. The van der Waals surface area contributed by atoms with Crippen LogP contribution in [0.15, 0.2) is 24.3 Å². The molecule has 25 heavy (non-hydrogen) atoms. The van der Waals surface area contributed by atoms with Crippen molar-refractivity contribution in [3.63, 3.8) is 0 Å². The molecule has 5 heteroatoms. The average molecular weight is 345 g/mol. The lowest BCUT2D eigenvalue weighted by Gasteiger charge is -2.33. The van der Waals surface area contributed by atoms with Crippen LogP contribution in [0.3, 0.4) is 0 Å². The number of piperidine rings is 1. The lowest BCUT2D eigenvalue weighted by atomic mass is 9.97. The Morgan fingerprint density at radius 1 is 1.24 bits per heavy atom. The van der Waals surface area contributed by atoms with Crippen LogP contribution in [0, 0.1) is 18.8 Å². The molecular formula is C20H31N3O2. The Morgan fingerprint density at radius 3 is 2.84 bits per heavy atom. The fourth-order valence-electron chi connectivity index (χ4n) is 3.75. The van der Waals surface area contributed by atoms with Crippen LogP contribution < -0.4 is 10.6 Å². The lowest BCUT2D eigenvalue weighted by Crippen LogP contribution is -2.42. The molecule has 0 radical (unpaired) electrons. The summed E-state index contributed by atoms with van der Waals surface area (Å²) in [4.78, 5) is 14.6. The maximum atomic E-state index is 12.1. The average Bonchev–Trinajstić information content (AvgIpc) is 3.14. The Kier molecular flexibility index (Phi) is 6.70. The van der Waals surface area contributed by atoms with Gasteiger partial charge in [0.15, 0.2) is 0 Å². The first kappa shape index (κ1) is 18.2. The predicted molar refractivity (Wildman–Crippen MR) is 101 cm³/mol. The van der Waals surface area contributed by atoms with Gasteiger partial charge in [-0.3, -0.25) is 0 Å². The first-order chi connectivity index (χ1) is 12.2. The van der Waals surface area contributed by atoms with Crippen LogP contribution >= 0.6 is 0 Å². The van der Waals surface area contributed by atoms with Gasteiger partial charge in [0.1, 0.15) is 0 Å². The van der Waals surface area contributed by atoms with Gasteiger partial charge in [-0.15, -0.1) is 0 Å². The number of hydrogen-bond donors (Lipinski definition) is 2. The number of anilines is 1. The normalized spacial score (nSPS) is 24.2. The molecule has 138 valence electrons.